The van der Waals surface area contributed by atoms with E-state index in [4.69, 9.17) is 4.74 Å². The summed E-state index contributed by atoms with van der Waals surface area (Å²) < 4.78 is 5.52. The van der Waals surface area contributed by atoms with E-state index in [2.05, 4.69) is 25.8 Å². The van der Waals surface area contributed by atoms with Crippen LogP contribution < -0.4 is 0 Å². The van der Waals surface area contributed by atoms with E-state index >= 15 is 0 Å². The van der Waals surface area contributed by atoms with E-state index in [1.54, 1.807) is 0 Å². The Balaban J connectivity index is 1.99. The number of ether oxygens (including phenoxy) is 1. The topological polar surface area (TPSA) is 12.5 Å². The summed E-state index contributed by atoms with van der Waals surface area (Å²) >= 11 is 0. The molecule has 0 aromatic carbocycles. The van der Waals surface area contributed by atoms with Crippen LogP contribution in [0.4, 0.5) is 0 Å². The first-order valence-electron chi connectivity index (χ1n) is 5.52. The van der Waals surface area contributed by atoms with E-state index in [-0.39, 0.29) is 0 Å². The highest BCUT2D eigenvalue weighted by atomic mass is 16.5. The minimum absolute atomic E-state index is 0.390. The van der Waals surface area contributed by atoms with Crippen LogP contribution in [0.15, 0.2) is 0 Å². The van der Waals surface area contributed by atoms with Crippen molar-refractivity contribution in [2.45, 2.75) is 51.7 Å². The van der Waals surface area contributed by atoms with E-state index in [0.717, 1.165) is 12.6 Å². The average molecular weight is 185 g/mol. The Kier molecular flexibility index (Phi) is 4.74. The molecule has 1 aliphatic rings. The molecule has 1 aliphatic heterocycles. The van der Waals surface area contributed by atoms with Gasteiger partial charge in [0.1, 0.15) is 0 Å². The van der Waals surface area contributed by atoms with Crippen LogP contribution in [0.2, 0.25) is 0 Å². The van der Waals surface area contributed by atoms with Crippen LogP contribution in [-0.2, 0) is 4.74 Å². The van der Waals surface area contributed by atoms with Crippen molar-refractivity contribution < 1.29 is 4.74 Å². The molecule has 0 radical (unpaired) electrons. The first-order chi connectivity index (χ1) is 6.20. The number of hydrogen-bond acceptors (Lipinski definition) is 2. The minimum Gasteiger partial charge on any atom is -0.379 e. The van der Waals surface area contributed by atoms with E-state index in [1.807, 2.05) is 0 Å². The minimum atomic E-state index is 0.390. The van der Waals surface area contributed by atoms with Crippen molar-refractivity contribution in [3.63, 3.8) is 0 Å². The van der Waals surface area contributed by atoms with Crippen LogP contribution in [0.1, 0.15) is 39.5 Å². The summed E-state index contributed by atoms with van der Waals surface area (Å²) in [5, 5.41) is 0. The Bertz CT molecular complexity index is 136. The highest BCUT2D eigenvalue weighted by Gasteiger charge is 2.19. The van der Waals surface area contributed by atoms with Gasteiger partial charge in [-0.15, -0.1) is 0 Å². The van der Waals surface area contributed by atoms with Crippen LogP contribution in [0, 0.1) is 0 Å². The van der Waals surface area contributed by atoms with Crippen LogP contribution in [0.3, 0.4) is 0 Å². The van der Waals surface area contributed by atoms with Crippen molar-refractivity contribution in [1.82, 2.24) is 4.90 Å². The fourth-order valence-corrected chi connectivity index (χ4v) is 1.98. The predicted octanol–water partition coefficient (Wildman–Crippen LogP) is 2.29. The summed E-state index contributed by atoms with van der Waals surface area (Å²) in [6.45, 7) is 6.42. The van der Waals surface area contributed by atoms with Gasteiger partial charge in [0.05, 0.1) is 6.10 Å². The summed E-state index contributed by atoms with van der Waals surface area (Å²) in [7, 11) is 2.24. The van der Waals surface area contributed by atoms with Gasteiger partial charge in [-0.2, -0.15) is 0 Å². The standard InChI is InChI=1S/C11H23NO/c1-10(2)13-9-5-7-11-6-4-8-12(11)3/h10-11H,4-9H2,1-3H3/t11-/m0/s1. The lowest BCUT2D eigenvalue weighted by atomic mass is 10.1. The molecule has 0 spiro atoms. The maximum absolute atomic E-state index is 5.52. The molecule has 13 heavy (non-hydrogen) atoms. The van der Waals surface area contributed by atoms with Crippen LogP contribution in [0.25, 0.3) is 0 Å². The molecule has 1 atom stereocenters. The second kappa shape index (κ2) is 5.61. The number of nitrogens with zero attached hydrogens (tertiary/aromatic N) is 1. The predicted molar refractivity (Wildman–Crippen MR) is 56.0 cm³/mol. The van der Waals surface area contributed by atoms with Crippen molar-refractivity contribution in [1.29, 1.82) is 0 Å². The van der Waals surface area contributed by atoms with Crippen LogP contribution in [-0.4, -0.2) is 37.2 Å². The van der Waals surface area contributed by atoms with Crippen molar-refractivity contribution in [2.75, 3.05) is 20.2 Å². The van der Waals surface area contributed by atoms with E-state index in [9.17, 15) is 0 Å². The molecule has 78 valence electrons. The zero-order chi connectivity index (χ0) is 9.68. The number of rotatable bonds is 5. The van der Waals surface area contributed by atoms with E-state index in [0.29, 0.717) is 6.10 Å². The highest BCUT2D eigenvalue weighted by Crippen LogP contribution is 2.18. The molecule has 0 aromatic rings. The molecule has 0 saturated carbocycles. The van der Waals surface area contributed by atoms with Gasteiger partial charge in [0.25, 0.3) is 0 Å². The van der Waals surface area contributed by atoms with Crippen molar-refractivity contribution in [2.24, 2.45) is 0 Å². The van der Waals surface area contributed by atoms with Gasteiger partial charge in [0.15, 0.2) is 0 Å². The molecule has 0 aromatic heterocycles. The van der Waals surface area contributed by atoms with E-state index < -0.39 is 0 Å². The Morgan fingerprint density at radius 3 is 2.77 bits per heavy atom. The van der Waals surface area contributed by atoms with Crippen molar-refractivity contribution >= 4 is 0 Å². The molecule has 0 N–H and O–H groups in total. The Hall–Kier alpha value is -0.0800. The Morgan fingerprint density at radius 1 is 1.46 bits per heavy atom. The lowest BCUT2D eigenvalue weighted by Gasteiger charge is -2.19. The largest absolute Gasteiger partial charge is 0.379 e. The molecule has 0 bridgehead atoms. The highest BCUT2D eigenvalue weighted by molar-refractivity contribution is 4.75. The second-order valence-corrected chi connectivity index (χ2v) is 4.34. The quantitative estimate of drug-likeness (QED) is 0.609. The zero-order valence-corrected chi connectivity index (χ0v) is 9.25. The second-order valence-electron chi connectivity index (χ2n) is 4.34. The van der Waals surface area contributed by atoms with Gasteiger partial charge < -0.3 is 9.64 Å². The van der Waals surface area contributed by atoms with Crippen molar-refractivity contribution in [3.8, 4) is 0 Å². The molecule has 0 aliphatic carbocycles. The molecule has 1 saturated heterocycles. The Morgan fingerprint density at radius 2 is 2.23 bits per heavy atom. The monoisotopic (exact) mass is 185 g/mol. The maximum atomic E-state index is 5.52. The summed E-state index contributed by atoms with van der Waals surface area (Å²) in [5.41, 5.74) is 0. The summed E-state index contributed by atoms with van der Waals surface area (Å²) in [6, 6.07) is 0.829. The number of likely N-dealkylation sites (tertiary alicyclic amines) is 1. The molecule has 1 rings (SSSR count). The third-order valence-electron chi connectivity index (χ3n) is 2.80. The molecule has 1 fully saturated rings. The van der Waals surface area contributed by atoms with Gasteiger partial charge in [0.2, 0.25) is 0 Å². The van der Waals surface area contributed by atoms with Gasteiger partial charge in [-0.1, -0.05) is 0 Å². The molecule has 0 unspecified atom stereocenters. The maximum Gasteiger partial charge on any atom is 0.0518 e. The Labute approximate surface area is 82.3 Å². The summed E-state index contributed by atoms with van der Waals surface area (Å²) in [5.74, 6) is 0. The fraction of sp³-hybridized carbons (Fsp3) is 1.00. The molecule has 1 heterocycles. The van der Waals surface area contributed by atoms with E-state index in [1.165, 1.54) is 32.2 Å². The van der Waals surface area contributed by atoms with Crippen LogP contribution in [0.5, 0.6) is 0 Å². The molecule has 2 heteroatoms. The summed E-state index contributed by atoms with van der Waals surface area (Å²) in [4.78, 5) is 2.48. The van der Waals surface area contributed by atoms with Gasteiger partial charge in [-0.05, 0) is 53.1 Å². The molecule has 2 nitrogen and oxygen atoms in total. The first-order valence-corrected chi connectivity index (χ1v) is 5.52. The summed E-state index contributed by atoms with van der Waals surface area (Å²) in [6.07, 6.45) is 5.68. The van der Waals surface area contributed by atoms with Gasteiger partial charge in [-0.25, -0.2) is 0 Å². The number of hydrogen-bond donors (Lipinski definition) is 0. The smallest absolute Gasteiger partial charge is 0.0518 e. The van der Waals surface area contributed by atoms with Gasteiger partial charge >= 0.3 is 0 Å². The third-order valence-corrected chi connectivity index (χ3v) is 2.80. The molecular weight excluding hydrogens is 162 g/mol. The van der Waals surface area contributed by atoms with Crippen molar-refractivity contribution in [3.05, 3.63) is 0 Å². The molecular formula is C11H23NO. The average Bonchev–Trinajstić information content (AvgIpc) is 2.45. The normalized spacial score (nSPS) is 24.5. The van der Waals surface area contributed by atoms with Crippen LogP contribution >= 0.6 is 0 Å². The fourth-order valence-electron chi connectivity index (χ4n) is 1.98. The first kappa shape index (κ1) is 11.0. The lowest BCUT2D eigenvalue weighted by molar-refractivity contribution is 0.0725. The zero-order valence-electron chi connectivity index (χ0n) is 9.25. The van der Waals surface area contributed by atoms with Gasteiger partial charge in [0, 0.05) is 12.6 Å². The molecule has 0 amide bonds. The third kappa shape index (κ3) is 4.10. The lowest BCUT2D eigenvalue weighted by Crippen LogP contribution is -2.25. The van der Waals surface area contributed by atoms with Gasteiger partial charge in [-0.3, -0.25) is 0 Å². The SMILES string of the molecule is CC(C)OCCC[C@@H]1CCCN1C.